The van der Waals surface area contributed by atoms with E-state index < -0.39 is 0 Å². The van der Waals surface area contributed by atoms with Gasteiger partial charge in [-0.05, 0) is 60.7 Å². The van der Waals surface area contributed by atoms with Gasteiger partial charge in [-0.3, -0.25) is 0 Å². The molecule has 0 heterocycles. The Morgan fingerprint density at radius 3 is 1.82 bits per heavy atom. The molecule has 0 atom stereocenters. The number of aliphatic imine (C=N–C) groups is 2. The fourth-order valence-corrected chi connectivity index (χ4v) is 3.75. The summed E-state index contributed by atoms with van der Waals surface area (Å²) in [6.45, 7) is 7.51. The predicted octanol–water partition coefficient (Wildman–Crippen LogP) is 7.54. The fourth-order valence-electron chi connectivity index (χ4n) is 2.94. The van der Waals surface area contributed by atoms with Gasteiger partial charge in [0.25, 0.3) is 0 Å². The number of benzene rings is 3. The largest absolute Gasteiger partial charge is 0.481 e. The standard InChI is InChI=1S/C28H26N2O2S/c1-5-10-21(6-2)27(31-3)29-23-13-17-25(18-14-23)33-26-19-15-24(16-20-26)30-28(32-4)22-11-8-7-9-12-22/h5-20H,1-2H2,3-4H3/b21-10+,29-27?,30-28?. The van der Waals surface area contributed by atoms with Gasteiger partial charge >= 0.3 is 0 Å². The Morgan fingerprint density at radius 2 is 1.33 bits per heavy atom. The molecule has 3 rings (SSSR count). The summed E-state index contributed by atoms with van der Waals surface area (Å²) in [6, 6.07) is 25.9. The predicted molar refractivity (Wildman–Crippen MR) is 139 cm³/mol. The maximum atomic E-state index is 5.46. The Hall–Kier alpha value is -3.83. The van der Waals surface area contributed by atoms with E-state index >= 15 is 0 Å². The van der Waals surface area contributed by atoms with Crippen LogP contribution in [-0.4, -0.2) is 26.0 Å². The van der Waals surface area contributed by atoms with E-state index in [0.29, 0.717) is 11.8 Å². The summed E-state index contributed by atoms with van der Waals surface area (Å²) in [7, 11) is 3.22. The molecule has 0 amide bonds. The Balaban J connectivity index is 1.71. The lowest BCUT2D eigenvalue weighted by Crippen LogP contribution is -2.03. The normalized spacial score (nSPS) is 12.2. The van der Waals surface area contributed by atoms with Gasteiger partial charge in [0.2, 0.25) is 11.8 Å². The molecule has 0 aromatic heterocycles. The smallest absolute Gasteiger partial charge is 0.220 e. The van der Waals surface area contributed by atoms with Crippen LogP contribution in [0.4, 0.5) is 11.4 Å². The van der Waals surface area contributed by atoms with Gasteiger partial charge in [-0.15, -0.1) is 0 Å². The highest BCUT2D eigenvalue weighted by Gasteiger charge is 2.05. The molecule has 5 heteroatoms. The zero-order chi connectivity index (χ0) is 23.5. The molecule has 0 radical (unpaired) electrons. The van der Waals surface area contributed by atoms with Crippen LogP contribution in [-0.2, 0) is 9.47 Å². The number of methoxy groups -OCH3 is 2. The minimum absolute atomic E-state index is 0.493. The van der Waals surface area contributed by atoms with Crippen LogP contribution in [0.5, 0.6) is 0 Å². The molecule has 0 saturated heterocycles. The number of rotatable bonds is 8. The number of allylic oxidation sites excluding steroid dienone is 2. The highest BCUT2D eigenvalue weighted by Crippen LogP contribution is 2.30. The van der Waals surface area contributed by atoms with Crippen molar-refractivity contribution in [3.63, 3.8) is 0 Å². The average molecular weight is 455 g/mol. The summed E-state index contributed by atoms with van der Waals surface area (Å²) < 4.78 is 10.9. The first-order chi connectivity index (χ1) is 16.2. The van der Waals surface area contributed by atoms with Gasteiger partial charge in [-0.25, -0.2) is 9.98 Å². The third kappa shape index (κ3) is 6.82. The third-order valence-corrected chi connectivity index (χ3v) is 5.56. The molecule has 0 saturated carbocycles. The van der Waals surface area contributed by atoms with Crippen molar-refractivity contribution in [1.82, 2.24) is 0 Å². The zero-order valence-corrected chi connectivity index (χ0v) is 19.6. The van der Waals surface area contributed by atoms with Crippen LogP contribution in [0.25, 0.3) is 0 Å². The summed E-state index contributed by atoms with van der Waals surface area (Å²) in [4.78, 5) is 11.4. The second-order valence-corrected chi connectivity index (χ2v) is 7.91. The summed E-state index contributed by atoms with van der Waals surface area (Å²) in [5, 5.41) is 0. The van der Waals surface area contributed by atoms with E-state index in [1.165, 1.54) is 0 Å². The number of hydrogen-bond donors (Lipinski definition) is 0. The molecular weight excluding hydrogens is 428 g/mol. The van der Waals surface area contributed by atoms with Gasteiger partial charge < -0.3 is 9.47 Å². The van der Waals surface area contributed by atoms with Crippen molar-refractivity contribution in [3.8, 4) is 0 Å². The van der Waals surface area contributed by atoms with Gasteiger partial charge in [-0.1, -0.05) is 61.3 Å². The number of hydrogen-bond acceptors (Lipinski definition) is 5. The third-order valence-electron chi connectivity index (χ3n) is 4.54. The quantitative estimate of drug-likeness (QED) is 0.201. The van der Waals surface area contributed by atoms with E-state index in [9.17, 15) is 0 Å². The Bertz CT molecular complexity index is 1160. The molecule has 3 aromatic rings. The van der Waals surface area contributed by atoms with Crippen LogP contribution in [0.1, 0.15) is 5.56 Å². The zero-order valence-electron chi connectivity index (χ0n) is 18.8. The van der Waals surface area contributed by atoms with E-state index in [2.05, 4.69) is 23.1 Å². The van der Waals surface area contributed by atoms with Crippen LogP contribution in [0.2, 0.25) is 0 Å². The maximum absolute atomic E-state index is 5.46. The molecule has 4 nitrogen and oxygen atoms in total. The van der Waals surface area contributed by atoms with Crippen LogP contribution in [0.15, 0.2) is 136 Å². The second-order valence-electron chi connectivity index (χ2n) is 6.76. The van der Waals surface area contributed by atoms with Crippen molar-refractivity contribution in [1.29, 1.82) is 0 Å². The van der Waals surface area contributed by atoms with Crippen molar-refractivity contribution >= 4 is 34.9 Å². The molecule has 0 unspecified atom stereocenters. The molecule has 0 aliphatic rings. The van der Waals surface area contributed by atoms with Crippen molar-refractivity contribution in [2.24, 2.45) is 9.98 Å². The van der Waals surface area contributed by atoms with E-state index in [-0.39, 0.29) is 0 Å². The van der Waals surface area contributed by atoms with Gasteiger partial charge in [0.15, 0.2) is 0 Å². The molecule has 0 fully saturated rings. The van der Waals surface area contributed by atoms with Crippen LogP contribution >= 0.6 is 11.8 Å². The number of ether oxygens (including phenoxy) is 2. The van der Waals surface area contributed by atoms with Gasteiger partial charge in [0.05, 0.1) is 25.6 Å². The minimum Gasteiger partial charge on any atom is -0.481 e. The van der Waals surface area contributed by atoms with Gasteiger partial charge in [0, 0.05) is 20.9 Å². The molecule has 0 aliphatic carbocycles. The molecule has 0 N–H and O–H groups in total. The maximum Gasteiger partial charge on any atom is 0.220 e. The van der Waals surface area contributed by atoms with E-state index in [0.717, 1.165) is 32.3 Å². The molecule has 0 aliphatic heterocycles. The number of nitrogens with zero attached hydrogens (tertiary/aromatic N) is 2. The Morgan fingerprint density at radius 1 is 0.758 bits per heavy atom. The fraction of sp³-hybridized carbons (Fsp3) is 0.0714. The first-order valence-electron chi connectivity index (χ1n) is 10.3. The first-order valence-corrected chi connectivity index (χ1v) is 11.1. The SMILES string of the molecule is C=C/C=C(\C=C)C(=Nc1ccc(Sc2ccc(N=C(OC)c3ccccc3)cc2)cc1)OC. The van der Waals surface area contributed by atoms with E-state index in [1.807, 2.05) is 84.9 Å². The van der Waals surface area contributed by atoms with Crippen molar-refractivity contribution < 1.29 is 9.47 Å². The van der Waals surface area contributed by atoms with Crippen molar-refractivity contribution in [2.75, 3.05) is 14.2 Å². The average Bonchev–Trinajstić information content (AvgIpc) is 2.87. The molecule has 0 bridgehead atoms. The summed E-state index contributed by atoms with van der Waals surface area (Å²) in [5.41, 5.74) is 3.35. The Labute approximate surface area is 199 Å². The molecule has 3 aromatic carbocycles. The van der Waals surface area contributed by atoms with Crippen molar-refractivity contribution in [3.05, 3.63) is 121 Å². The topological polar surface area (TPSA) is 43.2 Å². The van der Waals surface area contributed by atoms with E-state index in [1.54, 1.807) is 38.1 Å². The van der Waals surface area contributed by atoms with Crippen molar-refractivity contribution in [2.45, 2.75) is 9.79 Å². The minimum atomic E-state index is 0.493. The monoisotopic (exact) mass is 454 g/mol. The van der Waals surface area contributed by atoms with Gasteiger partial charge in [-0.2, -0.15) is 0 Å². The Kier molecular flexibility index (Phi) is 8.86. The molecule has 166 valence electrons. The second kappa shape index (κ2) is 12.3. The lowest BCUT2D eigenvalue weighted by atomic mass is 10.2. The molecule has 33 heavy (non-hydrogen) atoms. The van der Waals surface area contributed by atoms with E-state index in [4.69, 9.17) is 9.47 Å². The van der Waals surface area contributed by atoms with Crippen LogP contribution in [0.3, 0.4) is 0 Å². The van der Waals surface area contributed by atoms with Crippen LogP contribution < -0.4 is 0 Å². The molecular formula is C28H26N2O2S. The summed E-state index contributed by atoms with van der Waals surface area (Å²) in [6.07, 6.45) is 5.18. The summed E-state index contributed by atoms with van der Waals surface area (Å²) in [5.74, 6) is 1.08. The van der Waals surface area contributed by atoms with Gasteiger partial charge in [0.1, 0.15) is 0 Å². The lowest BCUT2D eigenvalue weighted by Gasteiger charge is -2.07. The van der Waals surface area contributed by atoms with Crippen LogP contribution in [0, 0.1) is 0 Å². The first kappa shape index (κ1) is 23.8. The highest BCUT2D eigenvalue weighted by atomic mass is 32.2. The lowest BCUT2D eigenvalue weighted by molar-refractivity contribution is 0.405. The highest BCUT2D eigenvalue weighted by molar-refractivity contribution is 7.99. The molecule has 0 spiro atoms. The summed E-state index contributed by atoms with van der Waals surface area (Å²) >= 11 is 1.67.